The van der Waals surface area contributed by atoms with Crippen molar-refractivity contribution in [1.29, 1.82) is 0 Å². The quantitative estimate of drug-likeness (QED) is 0.648. The Morgan fingerprint density at radius 3 is 3.14 bits per heavy atom. The summed E-state index contributed by atoms with van der Waals surface area (Å²) in [4.78, 5) is 11.4. The normalized spacial score (nSPS) is 19.8. The van der Waals surface area contributed by atoms with E-state index in [-0.39, 0.29) is 11.8 Å². The summed E-state index contributed by atoms with van der Waals surface area (Å²) < 4.78 is 0. The van der Waals surface area contributed by atoms with Gasteiger partial charge in [-0.2, -0.15) is 0 Å². The maximum absolute atomic E-state index is 11.4. The molecule has 2 N–H and O–H groups in total. The molecule has 0 spiro atoms. The standard InChI is InChI=1S/C9H8N4O/c1-4-5-2-7-8(12-13-11-7)3-6(5)10-9(4)14/h2-4H,1H3,(H,10,14)(H,11,12,13). The van der Waals surface area contributed by atoms with Crippen LogP contribution in [0.15, 0.2) is 12.1 Å². The second-order valence-electron chi connectivity index (χ2n) is 3.48. The Kier molecular flexibility index (Phi) is 1.24. The van der Waals surface area contributed by atoms with Crippen LogP contribution in [0.5, 0.6) is 0 Å². The van der Waals surface area contributed by atoms with E-state index in [0.29, 0.717) is 0 Å². The Bertz CT molecular complexity index is 531. The number of hydrogen-bond donors (Lipinski definition) is 2. The number of carbonyl (C=O) groups is 1. The maximum Gasteiger partial charge on any atom is 0.231 e. The number of hydrogen-bond acceptors (Lipinski definition) is 3. The van der Waals surface area contributed by atoms with E-state index in [1.165, 1.54) is 0 Å². The summed E-state index contributed by atoms with van der Waals surface area (Å²) in [5.41, 5.74) is 3.50. The summed E-state index contributed by atoms with van der Waals surface area (Å²) in [6, 6.07) is 3.77. The Hall–Kier alpha value is -1.91. The molecule has 1 aliphatic heterocycles. The van der Waals surface area contributed by atoms with E-state index in [4.69, 9.17) is 0 Å². The highest BCUT2D eigenvalue weighted by Crippen LogP contribution is 2.34. The molecule has 0 fully saturated rings. The summed E-state index contributed by atoms with van der Waals surface area (Å²) in [5, 5.41) is 13.2. The third-order valence-electron chi connectivity index (χ3n) is 2.61. The topological polar surface area (TPSA) is 70.7 Å². The number of benzene rings is 1. The monoisotopic (exact) mass is 188 g/mol. The third-order valence-corrected chi connectivity index (χ3v) is 2.61. The van der Waals surface area contributed by atoms with Crippen molar-refractivity contribution in [3.63, 3.8) is 0 Å². The Balaban J connectivity index is 2.32. The van der Waals surface area contributed by atoms with Gasteiger partial charge in [0, 0.05) is 5.69 Å². The Morgan fingerprint density at radius 1 is 1.43 bits per heavy atom. The minimum atomic E-state index is -0.0855. The van der Waals surface area contributed by atoms with Crippen molar-refractivity contribution in [2.45, 2.75) is 12.8 Å². The summed E-state index contributed by atoms with van der Waals surface area (Å²) in [7, 11) is 0. The predicted molar refractivity (Wildman–Crippen MR) is 50.9 cm³/mol. The van der Waals surface area contributed by atoms with Crippen molar-refractivity contribution < 1.29 is 4.79 Å². The van der Waals surface area contributed by atoms with Gasteiger partial charge in [0.1, 0.15) is 5.52 Å². The molecule has 0 bridgehead atoms. The molecule has 1 amide bonds. The molecule has 0 saturated heterocycles. The van der Waals surface area contributed by atoms with E-state index in [9.17, 15) is 4.79 Å². The minimum absolute atomic E-state index is 0.0422. The van der Waals surface area contributed by atoms with Gasteiger partial charge >= 0.3 is 0 Å². The second kappa shape index (κ2) is 2.31. The predicted octanol–water partition coefficient (Wildman–Crippen LogP) is 1.01. The highest BCUT2D eigenvalue weighted by molar-refractivity contribution is 6.04. The van der Waals surface area contributed by atoms with E-state index in [2.05, 4.69) is 20.7 Å². The molecule has 1 aromatic heterocycles. The fraction of sp³-hybridized carbons (Fsp3) is 0.222. The molecule has 1 aromatic carbocycles. The zero-order valence-corrected chi connectivity index (χ0v) is 7.53. The lowest BCUT2D eigenvalue weighted by Crippen LogP contribution is -2.08. The van der Waals surface area contributed by atoms with Crippen LogP contribution in [0.1, 0.15) is 18.4 Å². The molecule has 2 aromatic rings. The number of aromatic nitrogens is 3. The lowest BCUT2D eigenvalue weighted by atomic mass is 10.0. The average Bonchev–Trinajstić information content (AvgIpc) is 2.70. The lowest BCUT2D eigenvalue weighted by molar-refractivity contribution is -0.116. The number of fused-ring (bicyclic) bond motifs is 2. The van der Waals surface area contributed by atoms with E-state index >= 15 is 0 Å². The number of aromatic amines is 1. The molecule has 14 heavy (non-hydrogen) atoms. The zero-order chi connectivity index (χ0) is 9.71. The van der Waals surface area contributed by atoms with Crippen LogP contribution in [-0.2, 0) is 4.79 Å². The lowest BCUT2D eigenvalue weighted by Gasteiger charge is -1.99. The van der Waals surface area contributed by atoms with Crippen LogP contribution in [0.4, 0.5) is 5.69 Å². The summed E-state index contributed by atoms with van der Waals surface area (Å²) in [6.45, 7) is 1.89. The van der Waals surface area contributed by atoms with E-state index in [0.717, 1.165) is 22.3 Å². The van der Waals surface area contributed by atoms with Crippen LogP contribution in [0.3, 0.4) is 0 Å². The summed E-state index contributed by atoms with van der Waals surface area (Å²) >= 11 is 0. The summed E-state index contributed by atoms with van der Waals surface area (Å²) in [5.74, 6) is -0.0432. The van der Waals surface area contributed by atoms with Crippen LogP contribution in [0, 0.1) is 0 Å². The number of amides is 1. The molecule has 70 valence electrons. The number of rotatable bonds is 0. The van der Waals surface area contributed by atoms with Gasteiger partial charge in [0.15, 0.2) is 0 Å². The maximum atomic E-state index is 11.4. The number of nitrogens with one attached hydrogen (secondary N) is 2. The number of carbonyl (C=O) groups excluding carboxylic acids is 1. The molecule has 5 nitrogen and oxygen atoms in total. The first kappa shape index (κ1) is 7.49. The number of H-pyrrole nitrogens is 1. The first-order valence-corrected chi connectivity index (χ1v) is 4.41. The highest BCUT2D eigenvalue weighted by atomic mass is 16.2. The molecular weight excluding hydrogens is 180 g/mol. The van der Waals surface area contributed by atoms with Crippen molar-refractivity contribution in [3.8, 4) is 0 Å². The van der Waals surface area contributed by atoms with Gasteiger partial charge in [-0.25, -0.2) is 0 Å². The molecule has 0 aliphatic carbocycles. The zero-order valence-electron chi connectivity index (χ0n) is 7.53. The van der Waals surface area contributed by atoms with E-state index in [1.54, 1.807) is 0 Å². The highest BCUT2D eigenvalue weighted by Gasteiger charge is 2.27. The fourth-order valence-corrected chi connectivity index (χ4v) is 1.76. The number of anilines is 1. The first-order chi connectivity index (χ1) is 6.75. The van der Waals surface area contributed by atoms with Gasteiger partial charge in [0.25, 0.3) is 0 Å². The first-order valence-electron chi connectivity index (χ1n) is 4.41. The van der Waals surface area contributed by atoms with Crippen molar-refractivity contribution >= 4 is 22.6 Å². The van der Waals surface area contributed by atoms with Crippen LogP contribution >= 0.6 is 0 Å². The molecule has 3 rings (SSSR count). The minimum Gasteiger partial charge on any atom is -0.325 e. The van der Waals surface area contributed by atoms with Gasteiger partial charge in [0.05, 0.1) is 11.4 Å². The number of nitrogens with zero attached hydrogens (tertiary/aromatic N) is 2. The largest absolute Gasteiger partial charge is 0.325 e. The smallest absolute Gasteiger partial charge is 0.231 e. The van der Waals surface area contributed by atoms with Crippen molar-refractivity contribution in [1.82, 2.24) is 15.4 Å². The average molecular weight is 188 g/mol. The Labute approximate surface area is 79.5 Å². The van der Waals surface area contributed by atoms with Crippen molar-refractivity contribution in [3.05, 3.63) is 17.7 Å². The van der Waals surface area contributed by atoms with Gasteiger partial charge in [0.2, 0.25) is 5.91 Å². The molecule has 1 unspecified atom stereocenters. The van der Waals surface area contributed by atoms with E-state index < -0.39 is 0 Å². The fourth-order valence-electron chi connectivity index (χ4n) is 1.76. The van der Waals surface area contributed by atoms with Crippen LogP contribution in [0.25, 0.3) is 11.0 Å². The molecule has 1 atom stereocenters. The van der Waals surface area contributed by atoms with Gasteiger partial charge in [-0.1, -0.05) is 5.21 Å². The van der Waals surface area contributed by atoms with Crippen LogP contribution in [-0.4, -0.2) is 21.3 Å². The van der Waals surface area contributed by atoms with E-state index in [1.807, 2.05) is 19.1 Å². The molecule has 2 heterocycles. The SMILES string of the molecule is CC1C(=O)Nc2cc3nn[nH]c3cc21. The van der Waals surface area contributed by atoms with Gasteiger partial charge in [-0.3, -0.25) is 9.89 Å². The third kappa shape index (κ3) is 0.810. The summed E-state index contributed by atoms with van der Waals surface area (Å²) in [6.07, 6.45) is 0. The second-order valence-corrected chi connectivity index (χ2v) is 3.48. The molecular formula is C9H8N4O. The molecule has 0 radical (unpaired) electrons. The molecule has 1 aliphatic rings. The van der Waals surface area contributed by atoms with Crippen molar-refractivity contribution in [2.24, 2.45) is 0 Å². The molecule has 5 heteroatoms. The van der Waals surface area contributed by atoms with Gasteiger partial charge in [-0.05, 0) is 24.6 Å². The van der Waals surface area contributed by atoms with Crippen LogP contribution < -0.4 is 5.32 Å². The van der Waals surface area contributed by atoms with Gasteiger partial charge in [-0.15, -0.1) is 5.10 Å². The molecule has 0 saturated carbocycles. The van der Waals surface area contributed by atoms with Crippen LogP contribution in [0.2, 0.25) is 0 Å². The van der Waals surface area contributed by atoms with Crippen molar-refractivity contribution in [2.75, 3.05) is 5.32 Å². The van der Waals surface area contributed by atoms with Gasteiger partial charge < -0.3 is 5.32 Å². The Morgan fingerprint density at radius 2 is 2.29 bits per heavy atom.